The standard InChI is InChI=1S/C21H22N2O2S/c1-13-6-5-7-18(11-13)25-12-19-22-16(4)20(26-19)21(24)23-17-9-14(2)8-15(3)10-17/h5-11H,12H2,1-4H3,(H,23,24). The Labute approximate surface area is 157 Å². The van der Waals surface area contributed by atoms with Gasteiger partial charge in [0.15, 0.2) is 0 Å². The van der Waals surface area contributed by atoms with Crippen molar-refractivity contribution in [3.63, 3.8) is 0 Å². The molecule has 3 aromatic rings. The van der Waals surface area contributed by atoms with Gasteiger partial charge in [-0.1, -0.05) is 18.2 Å². The first kappa shape index (κ1) is 18.1. The van der Waals surface area contributed by atoms with E-state index in [0.29, 0.717) is 11.5 Å². The van der Waals surface area contributed by atoms with Crippen molar-refractivity contribution in [2.75, 3.05) is 5.32 Å². The van der Waals surface area contributed by atoms with E-state index in [1.165, 1.54) is 11.3 Å². The minimum absolute atomic E-state index is 0.133. The summed E-state index contributed by atoms with van der Waals surface area (Å²) in [5, 5.41) is 3.75. The number of aromatic nitrogens is 1. The number of hydrogen-bond acceptors (Lipinski definition) is 4. The van der Waals surface area contributed by atoms with Crippen molar-refractivity contribution in [3.8, 4) is 5.75 Å². The highest BCUT2D eigenvalue weighted by molar-refractivity contribution is 7.13. The Morgan fingerprint density at radius 2 is 1.77 bits per heavy atom. The third-order valence-electron chi connectivity index (χ3n) is 3.88. The molecule has 0 saturated carbocycles. The number of thiazole rings is 1. The number of carbonyl (C=O) groups is 1. The molecule has 0 saturated heterocycles. The van der Waals surface area contributed by atoms with Crippen molar-refractivity contribution in [3.05, 3.63) is 74.7 Å². The summed E-state index contributed by atoms with van der Waals surface area (Å²) in [7, 11) is 0. The first-order valence-electron chi connectivity index (χ1n) is 8.46. The highest BCUT2D eigenvalue weighted by Gasteiger charge is 2.16. The molecule has 0 aliphatic heterocycles. The van der Waals surface area contributed by atoms with Crippen LogP contribution in [-0.2, 0) is 6.61 Å². The van der Waals surface area contributed by atoms with Crippen molar-refractivity contribution in [2.24, 2.45) is 0 Å². The first-order chi connectivity index (χ1) is 12.4. The lowest BCUT2D eigenvalue weighted by Gasteiger charge is -2.06. The maximum Gasteiger partial charge on any atom is 0.267 e. The fraction of sp³-hybridized carbons (Fsp3) is 0.238. The Morgan fingerprint density at radius 3 is 2.46 bits per heavy atom. The molecule has 0 bridgehead atoms. The molecule has 0 spiro atoms. The van der Waals surface area contributed by atoms with Gasteiger partial charge in [0.2, 0.25) is 0 Å². The molecule has 26 heavy (non-hydrogen) atoms. The number of aryl methyl sites for hydroxylation is 4. The van der Waals surface area contributed by atoms with E-state index in [0.717, 1.165) is 38.8 Å². The number of nitrogens with one attached hydrogen (secondary N) is 1. The van der Waals surface area contributed by atoms with Gasteiger partial charge in [0.25, 0.3) is 5.91 Å². The maximum atomic E-state index is 12.6. The lowest BCUT2D eigenvalue weighted by atomic mass is 10.1. The fourth-order valence-electron chi connectivity index (χ4n) is 2.81. The number of hydrogen-bond donors (Lipinski definition) is 1. The van der Waals surface area contributed by atoms with Crippen LogP contribution >= 0.6 is 11.3 Å². The molecule has 2 aromatic carbocycles. The zero-order chi connectivity index (χ0) is 18.7. The lowest BCUT2D eigenvalue weighted by Crippen LogP contribution is -2.11. The summed E-state index contributed by atoms with van der Waals surface area (Å²) >= 11 is 1.37. The maximum absolute atomic E-state index is 12.6. The number of anilines is 1. The zero-order valence-corrected chi connectivity index (χ0v) is 16.2. The summed E-state index contributed by atoms with van der Waals surface area (Å²) in [6.45, 7) is 8.26. The van der Waals surface area contributed by atoms with Crippen LogP contribution in [0.4, 0.5) is 5.69 Å². The molecule has 0 unspecified atom stereocenters. The molecule has 5 heteroatoms. The van der Waals surface area contributed by atoms with E-state index in [9.17, 15) is 4.79 Å². The molecule has 1 aromatic heterocycles. The number of carbonyl (C=O) groups excluding carboxylic acids is 1. The minimum Gasteiger partial charge on any atom is -0.486 e. The van der Waals surface area contributed by atoms with Crippen molar-refractivity contribution in [1.82, 2.24) is 4.98 Å². The van der Waals surface area contributed by atoms with Gasteiger partial charge < -0.3 is 10.1 Å². The van der Waals surface area contributed by atoms with Crippen LogP contribution in [0.1, 0.15) is 37.1 Å². The quantitative estimate of drug-likeness (QED) is 0.674. The van der Waals surface area contributed by atoms with Crippen molar-refractivity contribution >= 4 is 22.9 Å². The molecule has 0 aliphatic carbocycles. The highest BCUT2D eigenvalue weighted by Crippen LogP contribution is 2.23. The Kier molecular flexibility index (Phi) is 5.38. The molecule has 0 aliphatic rings. The summed E-state index contributed by atoms with van der Waals surface area (Å²) in [5.74, 6) is 0.672. The largest absolute Gasteiger partial charge is 0.486 e. The van der Waals surface area contributed by atoms with E-state index in [2.05, 4.69) is 16.4 Å². The van der Waals surface area contributed by atoms with E-state index in [1.54, 1.807) is 0 Å². The Hall–Kier alpha value is -2.66. The Morgan fingerprint density at radius 1 is 1.04 bits per heavy atom. The smallest absolute Gasteiger partial charge is 0.267 e. The molecule has 0 radical (unpaired) electrons. The minimum atomic E-state index is -0.133. The second-order valence-corrected chi connectivity index (χ2v) is 7.54. The normalized spacial score (nSPS) is 10.6. The van der Waals surface area contributed by atoms with Crippen LogP contribution in [0.15, 0.2) is 42.5 Å². The molecule has 1 heterocycles. The van der Waals surface area contributed by atoms with Gasteiger partial charge in [0.1, 0.15) is 22.2 Å². The predicted molar refractivity (Wildman–Crippen MR) is 106 cm³/mol. The average molecular weight is 366 g/mol. The number of amides is 1. The van der Waals surface area contributed by atoms with E-state index in [1.807, 2.05) is 64.1 Å². The molecule has 1 N–H and O–H groups in total. The summed E-state index contributed by atoms with van der Waals surface area (Å²) < 4.78 is 5.79. The van der Waals surface area contributed by atoms with Gasteiger partial charge in [-0.05, 0) is 68.7 Å². The van der Waals surface area contributed by atoms with Gasteiger partial charge in [-0.15, -0.1) is 11.3 Å². The van der Waals surface area contributed by atoms with Crippen LogP contribution in [0.2, 0.25) is 0 Å². The number of ether oxygens (including phenoxy) is 1. The summed E-state index contributed by atoms with van der Waals surface area (Å²) in [4.78, 5) is 17.7. The van der Waals surface area contributed by atoms with Crippen LogP contribution in [0.5, 0.6) is 5.75 Å². The zero-order valence-electron chi connectivity index (χ0n) is 15.4. The van der Waals surface area contributed by atoms with Gasteiger partial charge >= 0.3 is 0 Å². The average Bonchev–Trinajstić information content (AvgIpc) is 2.93. The summed E-state index contributed by atoms with van der Waals surface area (Å²) in [5.41, 5.74) is 4.91. The Bertz CT molecular complexity index is 927. The third-order valence-corrected chi connectivity index (χ3v) is 5.01. The van der Waals surface area contributed by atoms with Crippen LogP contribution in [0.25, 0.3) is 0 Å². The molecule has 0 fully saturated rings. The fourth-order valence-corrected chi connectivity index (χ4v) is 3.68. The monoisotopic (exact) mass is 366 g/mol. The van der Waals surface area contributed by atoms with Gasteiger partial charge in [-0.2, -0.15) is 0 Å². The first-order valence-corrected chi connectivity index (χ1v) is 9.28. The van der Waals surface area contributed by atoms with Crippen LogP contribution in [0.3, 0.4) is 0 Å². The summed E-state index contributed by atoms with van der Waals surface area (Å²) in [6.07, 6.45) is 0. The molecular formula is C21H22N2O2S. The van der Waals surface area contributed by atoms with Crippen molar-refractivity contribution in [1.29, 1.82) is 0 Å². The van der Waals surface area contributed by atoms with Gasteiger partial charge in [0.05, 0.1) is 5.69 Å². The van der Waals surface area contributed by atoms with Crippen LogP contribution in [-0.4, -0.2) is 10.9 Å². The molecule has 134 valence electrons. The SMILES string of the molecule is Cc1cc(C)cc(NC(=O)c2sc(COc3cccc(C)c3)nc2C)c1. The topological polar surface area (TPSA) is 51.2 Å². The highest BCUT2D eigenvalue weighted by atomic mass is 32.1. The number of nitrogens with zero attached hydrogens (tertiary/aromatic N) is 1. The van der Waals surface area contributed by atoms with Crippen molar-refractivity contribution < 1.29 is 9.53 Å². The third kappa shape index (κ3) is 4.49. The number of benzene rings is 2. The number of rotatable bonds is 5. The molecule has 3 rings (SSSR count). The van der Waals surface area contributed by atoms with E-state index in [4.69, 9.17) is 4.74 Å². The second kappa shape index (κ2) is 7.70. The van der Waals surface area contributed by atoms with E-state index < -0.39 is 0 Å². The lowest BCUT2D eigenvalue weighted by molar-refractivity contribution is 0.103. The van der Waals surface area contributed by atoms with Crippen LogP contribution in [0, 0.1) is 27.7 Å². The van der Waals surface area contributed by atoms with Gasteiger partial charge in [0, 0.05) is 5.69 Å². The molecule has 1 amide bonds. The summed E-state index contributed by atoms with van der Waals surface area (Å²) in [6, 6.07) is 13.9. The van der Waals surface area contributed by atoms with E-state index in [-0.39, 0.29) is 5.91 Å². The van der Waals surface area contributed by atoms with Crippen LogP contribution < -0.4 is 10.1 Å². The molecule has 0 atom stereocenters. The molecular weight excluding hydrogens is 344 g/mol. The second-order valence-electron chi connectivity index (χ2n) is 6.46. The van der Waals surface area contributed by atoms with Gasteiger partial charge in [-0.25, -0.2) is 4.98 Å². The molecule has 4 nitrogen and oxygen atoms in total. The Balaban J connectivity index is 1.69. The van der Waals surface area contributed by atoms with Crippen molar-refractivity contribution in [2.45, 2.75) is 34.3 Å². The predicted octanol–water partition coefficient (Wildman–Crippen LogP) is 5.21. The van der Waals surface area contributed by atoms with Gasteiger partial charge in [-0.3, -0.25) is 4.79 Å². The van der Waals surface area contributed by atoms with E-state index >= 15 is 0 Å².